The van der Waals surface area contributed by atoms with Crippen molar-refractivity contribution in [2.75, 3.05) is 25.7 Å². The Hall–Kier alpha value is -2.31. The van der Waals surface area contributed by atoms with E-state index in [0.717, 1.165) is 16.8 Å². The molecule has 0 bridgehead atoms. The van der Waals surface area contributed by atoms with Crippen LogP contribution in [-0.4, -0.2) is 36.7 Å². The standard InChI is InChI=1S/C19H19ClN2O3S/c1-12-4-6-14(20)9-15(12)22-18(23)11-21(19(22)26)10-13-5-7-16(24-2)17(8-13)25-3/h4-9H,10-11H2,1-3H3. The maximum absolute atomic E-state index is 12.6. The molecule has 1 saturated heterocycles. The van der Waals surface area contributed by atoms with E-state index in [1.165, 1.54) is 0 Å². The first-order valence-electron chi connectivity index (χ1n) is 8.03. The highest BCUT2D eigenvalue weighted by molar-refractivity contribution is 7.80. The van der Waals surface area contributed by atoms with E-state index in [-0.39, 0.29) is 12.5 Å². The quantitative estimate of drug-likeness (QED) is 0.726. The molecule has 0 atom stereocenters. The van der Waals surface area contributed by atoms with E-state index in [1.54, 1.807) is 31.3 Å². The smallest absolute Gasteiger partial charge is 0.252 e. The molecule has 0 aliphatic carbocycles. The second-order valence-electron chi connectivity index (χ2n) is 5.99. The van der Waals surface area contributed by atoms with E-state index >= 15 is 0 Å². The minimum Gasteiger partial charge on any atom is -0.493 e. The van der Waals surface area contributed by atoms with Crippen LogP contribution >= 0.6 is 23.8 Å². The second-order valence-corrected chi connectivity index (χ2v) is 6.79. The minimum absolute atomic E-state index is 0.0687. The molecular formula is C19H19ClN2O3S. The molecule has 26 heavy (non-hydrogen) atoms. The maximum Gasteiger partial charge on any atom is 0.252 e. The zero-order valence-electron chi connectivity index (χ0n) is 14.8. The molecule has 0 aromatic heterocycles. The fraction of sp³-hybridized carbons (Fsp3) is 0.263. The van der Waals surface area contributed by atoms with Gasteiger partial charge in [0.15, 0.2) is 16.6 Å². The van der Waals surface area contributed by atoms with Gasteiger partial charge in [-0.3, -0.25) is 9.69 Å². The number of halogens is 1. The van der Waals surface area contributed by atoms with Crippen LogP contribution in [0.15, 0.2) is 36.4 Å². The number of anilines is 1. The molecule has 3 rings (SSSR count). The normalized spacial score (nSPS) is 14.2. The van der Waals surface area contributed by atoms with Gasteiger partial charge in [0.2, 0.25) is 0 Å². The first-order chi connectivity index (χ1) is 12.4. The summed E-state index contributed by atoms with van der Waals surface area (Å²) in [7, 11) is 3.19. The first kappa shape index (κ1) is 18.5. The number of methoxy groups -OCH3 is 2. The van der Waals surface area contributed by atoms with Crippen LogP contribution in [0.3, 0.4) is 0 Å². The maximum atomic E-state index is 12.6. The van der Waals surface area contributed by atoms with Crippen molar-refractivity contribution in [3.05, 3.63) is 52.5 Å². The van der Waals surface area contributed by atoms with Crippen LogP contribution in [0.4, 0.5) is 5.69 Å². The van der Waals surface area contributed by atoms with Gasteiger partial charge in [0.25, 0.3) is 5.91 Å². The number of carbonyl (C=O) groups is 1. The SMILES string of the molecule is COc1ccc(CN2CC(=O)N(c3cc(Cl)ccc3C)C2=S)cc1OC. The van der Waals surface area contributed by atoms with E-state index in [1.807, 2.05) is 36.1 Å². The number of rotatable bonds is 5. The van der Waals surface area contributed by atoms with Crippen LogP contribution in [0.2, 0.25) is 5.02 Å². The summed E-state index contributed by atoms with van der Waals surface area (Å²) in [5.74, 6) is 1.23. The Kier molecular flexibility index (Phi) is 5.34. The van der Waals surface area contributed by atoms with Gasteiger partial charge < -0.3 is 14.4 Å². The van der Waals surface area contributed by atoms with Gasteiger partial charge in [-0.1, -0.05) is 23.7 Å². The summed E-state index contributed by atoms with van der Waals surface area (Å²) >= 11 is 11.7. The van der Waals surface area contributed by atoms with Crippen molar-refractivity contribution in [3.8, 4) is 11.5 Å². The lowest BCUT2D eigenvalue weighted by molar-refractivity contribution is -0.116. The summed E-state index contributed by atoms with van der Waals surface area (Å²) in [6.45, 7) is 2.65. The molecule has 1 amide bonds. The molecule has 0 unspecified atom stereocenters. The highest BCUT2D eigenvalue weighted by Gasteiger charge is 2.34. The van der Waals surface area contributed by atoms with Crippen LogP contribution in [0.1, 0.15) is 11.1 Å². The molecule has 136 valence electrons. The van der Waals surface area contributed by atoms with Gasteiger partial charge in [-0.15, -0.1) is 0 Å². The molecule has 2 aromatic rings. The number of nitrogens with zero attached hydrogens (tertiary/aromatic N) is 2. The van der Waals surface area contributed by atoms with Crippen LogP contribution < -0.4 is 14.4 Å². The first-order valence-corrected chi connectivity index (χ1v) is 8.82. The Morgan fingerprint density at radius 2 is 1.85 bits per heavy atom. The Morgan fingerprint density at radius 3 is 2.54 bits per heavy atom. The van der Waals surface area contributed by atoms with Gasteiger partial charge in [0.05, 0.1) is 19.9 Å². The van der Waals surface area contributed by atoms with E-state index in [2.05, 4.69) is 0 Å². The predicted octanol–water partition coefficient (Wildman–Crippen LogP) is 3.80. The van der Waals surface area contributed by atoms with Crippen LogP contribution in [0.25, 0.3) is 0 Å². The Balaban J connectivity index is 1.84. The van der Waals surface area contributed by atoms with Gasteiger partial charge in [-0.05, 0) is 54.5 Å². The van der Waals surface area contributed by atoms with Crippen LogP contribution in [-0.2, 0) is 11.3 Å². The Labute approximate surface area is 163 Å². The number of amides is 1. The van der Waals surface area contributed by atoms with E-state index < -0.39 is 0 Å². The third kappa shape index (κ3) is 3.48. The number of thiocarbonyl (C=S) groups is 1. The molecule has 1 aliphatic rings. The van der Waals surface area contributed by atoms with Gasteiger partial charge in [0, 0.05) is 11.6 Å². The molecule has 1 fully saturated rings. The monoisotopic (exact) mass is 390 g/mol. The summed E-state index contributed by atoms with van der Waals surface area (Å²) in [4.78, 5) is 16.0. The molecular weight excluding hydrogens is 372 g/mol. The van der Waals surface area contributed by atoms with Gasteiger partial charge in [-0.25, -0.2) is 0 Å². The second kappa shape index (κ2) is 7.51. The van der Waals surface area contributed by atoms with Crippen molar-refractivity contribution in [2.24, 2.45) is 0 Å². The fourth-order valence-corrected chi connectivity index (χ4v) is 3.43. The van der Waals surface area contributed by atoms with Gasteiger partial charge in [-0.2, -0.15) is 0 Å². The average molecular weight is 391 g/mol. The highest BCUT2D eigenvalue weighted by Crippen LogP contribution is 2.31. The zero-order chi connectivity index (χ0) is 18.8. The number of hydrogen-bond acceptors (Lipinski definition) is 4. The molecule has 2 aromatic carbocycles. The number of ether oxygens (including phenoxy) is 2. The lowest BCUT2D eigenvalue weighted by Crippen LogP contribution is -2.33. The van der Waals surface area contributed by atoms with Crippen molar-refractivity contribution in [1.82, 2.24) is 4.90 Å². The van der Waals surface area contributed by atoms with E-state index in [0.29, 0.717) is 28.2 Å². The predicted molar refractivity (Wildman–Crippen MR) is 106 cm³/mol. The van der Waals surface area contributed by atoms with Crippen molar-refractivity contribution < 1.29 is 14.3 Å². The average Bonchev–Trinajstić information content (AvgIpc) is 2.90. The molecule has 1 heterocycles. The van der Waals surface area contributed by atoms with Crippen LogP contribution in [0.5, 0.6) is 11.5 Å². The molecule has 1 aliphatic heterocycles. The molecule has 0 N–H and O–H groups in total. The summed E-state index contributed by atoms with van der Waals surface area (Å²) < 4.78 is 10.6. The van der Waals surface area contributed by atoms with Crippen LogP contribution in [0, 0.1) is 6.92 Å². The molecule has 7 heteroatoms. The van der Waals surface area contributed by atoms with Gasteiger partial charge in [0.1, 0.15) is 6.54 Å². The summed E-state index contributed by atoms with van der Waals surface area (Å²) in [6.07, 6.45) is 0. The largest absolute Gasteiger partial charge is 0.493 e. The molecule has 5 nitrogen and oxygen atoms in total. The van der Waals surface area contributed by atoms with Crippen molar-refractivity contribution in [1.29, 1.82) is 0 Å². The van der Waals surface area contributed by atoms with Crippen molar-refractivity contribution in [2.45, 2.75) is 13.5 Å². The third-order valence-electron chi connectivity index (χ3n) is 4.27. The minimum atomic E-state index is -0.0687. The molecule has 0 radical (unpaired) electrons. The topological polar surface area (TPSA) is 42.0 Å². The number of carbonyl (C=O) groups excluding carboxylic acids is 1. The lowest BCUT2D eigenvalue weighted by Gasteiger charge is -2.22. The summed E-state index contributed by atoms with van der Waals surface area (Å²) in [6, 6.07) is 11.1. The molecule has 0 spiro atoms. The van der Waals surface area contributed by atoms with Gasteiger partial charge >= 0.3 is 0 Å². The summed E-state index contributed by atoms with van der Waals surface area (Å²) in [5.41, 5.74) is 2.64. The Bertz CT molecular complexity index is 872. The highest BCUT2D eigenvalue weighted by atomic mass is 35.5. The van der Waals surface area contributed by atoms with Crippen molar-refractivity contribution >= 4 is 40.5 Å². The molecule has 0 saturated carbocycles. The van der Waals surface area contributed by atoms with E-state index in [9.17, 15) is 4.79 Å². The number of benzene rings is 2. The fourth-order valence-electron chi connectivity index (χ4n) is 2.93. The van der Waals surface area contributed by atoms with E-state index in [4.69, 9.17) is 33.3 Å². The Morgan fingerprint density at radius 1 is 1.12 bits per heavy atom. The van der Waals surface area contributed by atoms with Crippen molar-refractivity contribution in [3.63, 3.8) is 0 Å². The lowest BCUT2D eigenvalue weighted by atomic mass is 10.2. The summed E-state index contributed by atoms with van der Waals surface area (Å²) in [5, 5.41) is 1.04. The number of hydrogen-bond donors (Lipinski definition) is 0. The third-order valence-corrected chi connectivity index (χ3v) is 4.95. The number of aryl methyl sites for hydroxylation is 1. The zero-order valence-corrected chi connectivity index (χ0v) is 16.4.